The number of rotatable bonds is 5. The largest absolute Gasteiger partial charge is 0.345 e. The van der Waals surface area contributed by atoms with Crippen LogP contribution in [-0.4, -0.2) is 56.1 Å². The zero-order valence-corrected chi connectivity index (χ0v) is 19.1. The summed E-state index contributed by atoms with van der Waals surface area (Å²) in [6.07, 6.45) is -0.0839. The summed E-state index contributed by atoms with van der Waals surface area (Å²) >= 11 is 1.65. The van der Waals surface area contributed by atoms with Crippen LogP contribution < -0.4 is 4.90 Å². The molecular formula is C22H24FN3O3S2. The number of amides is 1. The molecule has 0 N–H and O–H groups in total. The summed E-state index contributed by atoms with van der Waals surface area (Å²) in [5, 5.41) is 0.950. The molecule has 0 unspecified atom stereocenters. The molecule has 1 aliphatic rings. The summed E-state index contributed by atoms with van der Waals surface area (Å²) in [4.78, 5) is 21.2. The SMILES string of the molecule is Cc1cc2nc(N3CCN(C(=O)CCS(=O)(=O)c4ccc(F)cc4)CC3)sc2cc1C. The van der Waals surface area contributed by atoms with E-state index in [0.717, 1.165) is 27.5 Å². The quantitative estimate of drug-likeness (QED) is 0.544. The van der Waals surface area contributed by atoms with E-state index in [0.29, 0.717) is 26.2 Å². The standard InChI is InChI=1S/C22H24FN3O3S2/c1-15-13-19-20(14-16(15)2)30-22(24-19)26-10-8-25(9-11-26)21(27)7-12-31(28,29)18-5-3-17(23)4-6-18/h3-6,13-14H,7-12H2,1-2H3. The van der Waals surface area contributed by atoms with E-state index in [9.17, 15) is 17.6 Å². The molecule has 1 saturated heterocycles. The third-order valence-electron chi connectivity index (χ3n) is 5.65. The second-order valence-electron chi connectivity index (χ2n) is 7.79. The average Bonchev–Trinajstić information content (AvgIpc) is 3.15. The number of thiazole rings is 1. The number of piperazine rings is 1. The minimum atomic E-state index is -3.62. The first-order valence-electron chi connectivity index (χ1n) is 10.1. The van der Waals surface area contributed by atoms with Gasteiger partial charge in [-0.3, -0.25) is 4.79 Å². The molecule has 0 atom stereocenters. The molecule has 0 aliphatic carbocycles. The van der Waals surface area contributed by atoms with Gasteiger partial charge in [0.15, 0.2) is 15.0 Å². The number of fused-ring (bicyclic) bond motifs is 1. The molecule has 164 valence electrons. The lowest BCUT2D eigenvalue weighted by molar-refractivity contribution is -0.131. The highest BCUT2D eigenvalue weighted by molar-refractivity contribution is 7.91. The van der Waals surface area contributed by atoms with Gasteiger partial charge in [0.1, 0.15) is 5.82 Å². The van der Waals surface area contributed by atoms with Crippen LogP contribution in [0.5, 0.6) is 0 Å². The number of sulfone groups is 1. The molecule has 0 spiro atoms. The van der Waals surface area contributed by atoms with Gasteiger partial charge in [-0.2, -0.15) is 0 Å². The summed E-state index contributed by atoms with van der Waals surface area (Å²) in [7, 11) is -3.62. The third-order valence-corrected chi connectivity index (χ3v) is 8.46. The van der Waals surface area contributed by atoms with Crippen LogP contribution in [0.4, 0.5) is 9.52 Å². The van der Waals surface area contributed by atoms with E-state index in [4.69, 9.17) is 4.98 Å². The molecule has 31 heavy (non-hydrogen) atoms. The fourth-order valence-corrected chi connectivity index (χ4v) is 5.92. The smallest absolute Gasteiger partial charge is 0.223 e. The van der Waals surface area contributed by atoms with Crippen molar-refractivity contribution in [1.29, 1.82) is 0 Å². The van der Waals surface area contributed by atoms with Crippen molar-refractivity contribution in [2.24, 2.45) is 0 Å². The van der Waals surface area contributed by atoms with Crippen molar-refractivity contribution in [3.63, 3.8) is 0 Å². The number of benzene rings is 2. The highest BCUT2D eigenvalue weighted by atomic mass is 32.2. The van der Waals surface area contributed by atoms with Crippen molar-refractivity contribution in [1.82, 2.24) is 9.88 Å². The van der Waals surface area contributed by atoms with Crippen molar-refractivity contribution in [3.8, 4) is 0 Å². The predicted molar refractivity (Wildman–Crippen MR) is 121 cm³/mol. The topological polar surface area (TPSA) is 70.6 Å². The lowest BCUT2D eigenvalue weighted by Crippen LogP contribution is -2.49. The van der Waals surface area contributed by atoms with Crippen LogP contribution >= 0.6 is 11.3 Å². The van der Waals surface area contributed by atoms with Gasteiger partial charge in [0.2, 0.25) is 5.91 Å². The van der Waals surface area contributed by atoms with E-state index in [1.54, 1.807) is 16.2 Å². The fourth-order valence-electron chi connectivity index (χ4n) is 3.59. The number of aromatic nitrogens is 1. The minimum absolute atomic E-state index is 0.0350. The first-order valence-corrected chi connectivity index (χ1v) is 12.6. The first kappa shape index (κ1) is 21.7. The molecule has 1 amide bonds. The molecular weight excluding hydrogens is 437 g/mol. The van der Waals surface area contributed by atoms with E-state index in [1.165, 1.54) is 23.3 Å². The van der Waals surface area contributed by atoms with E-state index < -0.39 is 15.7 Å². The van der Waals surface area contributed by atoms with Gasteiger partial charge in [-0.05, 0) is 61.4 Å². The summed E-state index contributed by atoms with van der Waals surface area (Å²) in [6, 6.07) is 8.94. The summed E-state index contributed by atoms with van der Waals surface area (Å²) in [6.45, 7) is 6.55. The Labute approximate surface area is 185 Å². The van der Waals surface area contributed by atoms with Crippen LogP contribution in [0.25, 0.3) is 10.2 Å². The van der Waals surface area contributed by atoms with Crippen molar-refractivity contribution in [3.05, 3.63) is 53.3 Å². The molecule has 9 heteroatoms. The highest BCUT2D eigenvalue weighted by Crippen LogP contribution is 2.31. The minimum Gasteiger partial charge on any atom is -0.345 e. The lowest BCUT2D eigenvalue weighted by atomic mass is 10.1. The Balaban J connectivity index is 1.34. The number of anilines is 1. The molecule has 0 bridgehead atoms. The van der Waals surface area contributed by atoms with Crippen molar-refractivity contribution >= 4 is 42.4 Å². The van der Waals surface area contributed by atoms with Crippen molar-refractivity contribution in [2.45, 2.75) is 25.2 Å². The van der Waals surface area contributed by atoms with E-state index in [1.807, 2.05) is 0 Å². The van der Waals surface area contributed by atoms with Gasteiger partial charge in [0.05, 0.1) is 20.9 Å². The molecule has 0 saturated carbocycles. The van der Waals surface area contributed by atoms with Crippen molar-refractivity contribution in [2.75, 3.05) is 36.8 Å². The average molecular weight is 462 g/mol. The normalized spacial score (nSPS) is 14.9. The summed E-state index contributed by atoms with van der Waals surface area (Å²) in [5.41, 5.74) is 3.46. The second-order valence-corrected chi connectivity index (χ2v) is 10.9. The Bertz CT molecular complexity index is 1180. The molecule has 4 rings (SSSR count). The molecule has 1 aromatic heterocycles. The summed E-state index contributed by atoms with van der Waals surface area (Å²) in [5.74, 6) is -0.957. The molecule has 1 aliphatic heterocycles. The zero-order chi connectivity index (χ0) is 22.2. The van der Waals surface area contributed by atoms with E-state index >= 15 is 0 Å². The van der Waals surface area contributed by atoms with Crippen LogP contribution in [0.3, 0.4) is 0 Å². The Hall–Kier alpha value is -2.52. The van der Waals surface area contributed by atoms with Crippen LogP contribution in [0, 0.1) is 19.7 Å². The van der Waals surface area contributed by atoms with Crippen LogP contribution in [-0.2, 0) is 14.6 Å². The number of aryl methyl sites for hydroxylation is 2. The van der Waals surface area contributed by atoms with Crippen LogP contribution in [0.15, 0.2) is 41.3 Å². The monoisotopic (exact) mass is 461 g/mol. The molecule has 3 aromatic rings. The number of nitrogens with zero attached hydrogens (tertiary/aromatic N) is 3. The first-order chi connectivity index (χ1) is 14.7. The van der Waals surface area contributed by atoms with E-state index in [-0.39, 0.29) is 23.0 Å². The number of hydrogen-bond acceptors (Lipinski definition) is 6. The molecule has 1 fully saturated rings. The number of halogens is 1. The highest BCUT2D eigenvalue weighted by Gasteiger charge is 2.25. The Morgan fingerprint density at radius 3 is 2.39 bits per heavy atom. The maximum Gasteiger partial charge on any atom is 0.223 e. The van der Waals surface area contributed by atoms with Gasteiger partial charge in [-0.15, -0.1) is 0 Å². The van der Waals surface area contributed by atoms with Gasteiger partial charge < -0.3 is 9.80 Å². The zero-order valence-electron chi connectivity index (χ0n) is 17.5. The number of carbonyl (C=O) groups excluding carboxylic acids is 1. The van der Waals surface area contributed by atoms with Gasteiger partial charge in [-0.25, -0.2) is 17.8 Å². The van der Waals surface area contributed by atoms with Crippen LogP contribution in [0.1, 0.15) is 17.5 Å². The molecule has 2 aromatic carbocycles. The number of carbonyl (C=O) groups is 1. The van der Waals surface area contributed by atoms with Crippen LogP contribution in [0.2, 0.25) is 0 Å². The Morgan fingerprint density at radius 1 is 1.06 bits per heavy atom. The maximum atomic E-state index is 13.0. The number of hydrogen-bond donors (Lipinski definition) is 0. The maximum absolute atomic E-state index is 13.0. The van der Waals surface area contributed by atoms with Gasteiger partial charge in [-0.1, -0.05) is 11.3 Å². The third kappa shape index (κ3) is 4.72. The van der Waals surface area contributed by atoms with Gasteiger partial charge >= 0.3 is 0 Å². The fraction of sp³-hybridized carbons (Fsp3) is 0.364. The van der Waals surface area contributed by atoms with Crippen molar-refractivity contribution < 1.29 is 17.6 Å². The summed E-state index contributed by atoms with van der Waals surface area (Å²) < 4.78 is 39.0. The van der Waals surface area contributed by atoms with E-state index in [2.05, 4.69) is 30.9 Å². The van der Waals surface area contributed by atoms with Gasteiger partial charge in [0, 0.05) is 32.6 Å². The Kier molecular flexibility index (Phi) is 5.98. The lowest BCUT2D eigenvalue weighted by Gasteiger charge is -2.34. The second kappa shape index (κ2) is 8.55. The van der Waals surface area contributed by atoms with Gasteiger partial charge in [0.25, 0.3) is 0 Å². The predicted octanol–water partition coefficient (Wildman–Crippen LogP) is 3.56. The molecule has 2 heterocycles. The Morgan fingerprint density at radius 2 is 1.71 bits per heavy atom. The molecule has 0 radical (unpaired) electrons. The molecule has 6 nitrogen and oxygen atoms in total.